The van der Waals surface area contributed by atoms with Crippen LogP contribution < -0.4 is 14.9 Å². The standard InChI is InChI=1S/C16H21N3O4/c1-22-13-7-6-12(10-14(13)23-2)11-17-18-15(20)16(21)19-8-4-3-5-9-19/h6-7,10-11H,3-5,8-9H2,1-2H3,(H,18,20)/b17-11+. The summed E-state index contributed by atoms with van der Waals surface area (Å²) in [6.45, 7) is 1.26. The first-order valence-electron chi connectivity index (χ1n) is 7.50. The van der Waals surface area contributed by atoms with E-state index in [1.165, 1.54) is 13.3 Å². The maximum Gasteiger partial charge on any atom is 0.329 e. The lowest BCUT2D eigenvalue weighted by molar-refractivity contribution is -0.146. The summed E-state index contributed by atoms with van der Waals surface area (Å²) < 4.78 is 10.3. The maximum atomic E-state index is 11.9. The molecule has 1 saturated heterocycles. The van der Waals surface area contributed by atoms with Gasteiger partial charge < -0.3 is 14.4 Å². The molecule has 7 nitrogen and oxygen atoms in total. The van der Waals surface area contributed by atoms with Crippen molar-refractivity contribution in [2.24, 2.45) is 5.10 Å². The number of piperidine rings is 1. The number of likely N-dealkylation sites (tertiary alicyclic amines) is 1. The molecule has 1 N–H and O–H groups in total. The molecule has 0 aliphatic carbocycles. The number of carbonyl (C=O) groups excluding carboxylic acids is 2. The van der Waals surface area contributed by atoms with E-state index in [1.54, 1.807) is 30.2 Å². The largest absolute Gasteiger partial charge is 0.493 e. The minimum Gasteiger partial charge on any atom is -0.493 e. The molecule has 0 spiro atoms. The number of amides is 2. The zero-order chi connectivity index (χ0) is 16.7. The summed E-state index contributed by atoms with van der Waals surface area (Å²) in [4.78, 5) is 25.3. The first-order chi connectivity index (χ1) is 11.2. The third-order valence-electron chi connectivity index (χ3n) is 3.62. The van der Waals surface area contributed by atoms with E-state index >= 15 is 0 Å². The number of hydrogen-bond donors (Lipinski definition) is 1. The molecule has 1 aliphatic heterocycles. The van der Waals surface area contributed by atoms with Gasteiger partial charge in [0.1, 0.15) is 0 Å². The Labute approximate surface area is 135 Å². The van der Waals surface area contributed by atoms with E-state index in [-0.39, 0.29) is 0 Å². The van der Waals surface area contributed by atoms with E-state index in [0.717, 1.165) is 19.3 Å². The zero-order valence-electron chi connectivity index (χ0n) is 13.4. The lowest BCUT2D eigenvalue weighted by Crippen LogP contribution is -2.43. The highest BCUT2D eigenvalue weighted by Crippen LogP contribution is 2.26. The molecule has 0 saturated carbocycles. The lowest BCUT2D eigenvalue weighted by atomic mass is 10.1. The Morgan fingerprint density at radius 1 is 1.13 bits per heavy atom. The van der Waals surface area contributed by atoms with Gasteiger partial charge in [-0.1, -0.05) is 0 Å². The summed E-state index contributed by atoms with van der Waals surface area (Å²) in [6.07, 6.45) is 4.42. The first-order valence-corrected chi connectivity index (χ1v) is 7.50. The minimum absolute atomic E-state index is 0.533. The van der Waals surface area contributed by atoms with Crippen molar-refractivity contribution in [2.45, 2.75) is 19.3 Å². The van der Waals surface area contributed by atoms with Crippen LogP contribution in [-0.4, -0.2) is 50.2 Å². The SMILES string of the molecule is COc1ccc(/C=N/NC(=O)C(=O)N2CCCCC2)cc1OC. The van der Waals surface area contributed by atoms with Gasteiger partial charge in [0.05, 0.1) is 20.4 Å². The summed E-state index contributed by atoms with van der Waals surface area (Å²) in [6, 6.07) is 5.23. The van der Waals surface area contributed by atoms with E-state index in [1.807, 2.05) is 0 Å². The quantitative estimate of drug-likeness (QED) is 0.513. The number of rotatable bonds is 4. The lowest BCUT2D eigenvalue weighted by Gasteiger charge is -2.25. The van der Waals surface area contributed by atoms with Crippen molar-refractivity contribution < 1.29 is 19.1 Å². The van der Waals surface area contributed by atoms with Gasteiger partial charge in [-0.25, -0.2) is 5.43 Å². The van der Waals surface area contributed by atoms with Crippen molar-refractivity contribution in [1.29, 1.82) is 0 Å². The Morgan fingerprint density at radius 2 is 1.83 bits per heavy atom. The number of nitrogens with zero attached hydrogens (tertiary/aromatic N) is 2. The van der Waals surface area contributed by atoms with Gasteiger partial charge in [0.15, 0.2) is 11.5 Å². The van der Waals surface area contributed by atoms with E-state index in [4.69, 9.17) is 9.47 Å². The van der Waals surface area contributed by atoms with Gasteiger partial charge in [-0.05, 0) is 43.0 Å². The van der Waals surface area contributed by atoms with Crippen LogP contribution in [0.2, 0.25) is 0 Å². The number of hydrazone groups is 1. The van der Waals surface area contributed by atoms with Crippen LogP contribution in [0.5, 0.6) is 11.5 Å². The number of nitrogens with one attached hydrogen (secondary N) is 1. The van der Waals surface area contributed by atoms with Gasteiger partial charge in [-0.3, -0.25) is 9.59 Å². The highest BCUT2D eigenvalue weighted by Gasteiger charge is 2.22. The monoisotopic (exact) mass is 319 g/mol. The average molecular weight is 319 g/mol. The fraction of sp³-hybridized carbons (Fsp3) is 0.438. The van der Waals surface area contributed by atoms with Crippen molar-refractivity contribution in [3.05, 3.63) is 23.8 Å². The molecular weight excluding hydrogens is 298 g/mol. The van der Waals surface area contributed by atoms with Crippen molar-refractivity contribution in [1.82, 2.24) is 10.3 Å². The Morgan fingerprint density at radius 3 is 2.48 bits per heavy atom. The number of methoxy groups -OCH3 is 2. The summed E-state index contributed by atoms with van der Waals surface area (Å²) in [7, 11) is 3.09. The van der Waals surface area contributed by atoms with Crippen LogP contribution in [0.4, 0.5) is 0 Å². The Balaban J connectivity index is 1.92. The molecule has 0 atom stereocenters. The Kier molecular flexibility index (Phi) is 5.96. The van der Waals surface area contributed by atoms with Crippen molar-refractivity contribution in [3.8, 4) is 11.5 Å². The van der Waals surface area contributed by atoms with Gasteiger partial charge in [-0.15, -0.1) is 0 Å². The van der Waals surface area contributed by atoms with Gasteiger partial charge >= 0.3 is 11.8 Å². The second kappa shape index (κ2) is 8.17. The molecule has 2 rings (SSSR count). The minimum atomic E-state index is -0.719. The van der Waals surface area contributed by atoms with Crippen molar-refractivity contribution in [2.75, 3.05) is 27.3 Å². The van der Waals surface area contributed by atoms with Crippen molar-refractivity contribution >= 4 is 18.0 Å². The summed E-state index contributed by atoms with van der Waals surface area (Å²) >= 11 is 0. The molecule has 23 heavy (non-hydrogen) atoms. The number of hydrogen-bond acceptors (Lipinski definition) is 5. The van der Waals surface area contributed by atoms with Crippen LogP contribution in [-0.2, 0) is 9.59 Å². The predicted molar refractivity (Wildman–Crippen MR) is 85.7 cm³/mol. The molecule has 1 aromatic rings. The molecule has 0 radical (unpaired) electrons. The van der Waals surface area contributed by atoms with Gasteiger partial charge in [0, 0.05) is 13.1 Å². The molecule has 1 aromatic carbocycles. The van der Waals surface area contributed by atoms with Gasteiger partial charge in [0.25, 0.3) is 0 Å². The Hall–Kier alpha value is -2.57. The molecule has 0 aromatic heterocycles. The predicted octanol–water partition coefficient (Wildman–Crippen LogP) is 1.17. The third kappa shape index (κ3) is 4.45. The van der Waals surface area contributed by atoms with E-state index < -0.39 is 11.8 Å². The summed E-state index contributed by atoms with van der Waals surface area (Å²) in [5.41, 5.74) is 2.98. The molecule has 2 amide bonds. The van der Waals surface area contributed by atoms with Gasteiger partial charge in [0.2, 0.25) is 0 Å². The maximum absolute atomic E-state index is 11.9. The molecule has 7 heteroatoms. The number of carbonyl (C=O) groups is 2. The summed E-state index contributed by atoms with van der Waals surface area (Å²) in [5, 5.41) is 3.82. The van der Waals surface area contributed by atoms with Crippen LogP contribution in [0.1, 0.15) is 24.8 Å². The van der Waals surface area contributed by atoms with Crippen LogP contribution in [0.3, 0.4) is 0 Å². The normalized spacial score (nSPS) is 14.6. The highest BCUT2D eigenvalue weighted by molar-refractivity contribution is 6.35. The topological polar surface area (TPSA) is 80.2 Å². The number of ether oxygens (including phenoxy) is 2. The molecule has 124 valence electrons. The van der Waals surface area contributed by atoms with Crippen molar-refractivity contribution in [3.63, 3.8) is 0 Å². The van der Waals surface area contributed by atoms with E-state index in [0.29, 0.717) is 30.2 Å². The second-order valence-corrected chi connectivity index (χ2v) is 5.17. The number of benzene rings is 1. The van der Waals surface area contributed by atoms with Crippen LogP contribution in [0, 0.1) is 0 Å². The van der Waals surface area contributed by atoms with Crippen LogP contribution >= 0.6 is 0 Å². The van der Waals surface area contributed by atoms with E-state index in [2.05, 4.69) is 10.5 Å². The smallest absolute Gasteiger partial charge is 0.329 e. The molecule has 0 bridgehead atoms. The van der Waals surface area contributed by atoms with Gasteiger partial charge in [-0.2, -0.15) is 5.10 Å². The molecule has 1 aliphatic rings. The molecule has 1 heterocycles. The molecule has 1 fully saturated rings. The third-order valence-corrected chi connectivity index (χ3v) is 3.62. The molecular formula is C16H21N3O4. The molecule has 0 unspecified atom stereocenters. The van der Waals surface area contributed by atoms with Crippen LogP contribution in [0.15, 0.2) is 23.3 Å². The Bertz CT molecular complexity index is 595. The summed E-state index contributed by atoms with van der Waals surface area (Å²) in [5.74, 6) is -0.0843. The second-order valence-electron chi connectivity index (χ2n) is 5.17. The fourth-order valence-electron chi connectivity index (χ4n) is 2.39. The highest BCUT2D eigenvalue weighted by atomic mass is 16.5. The first kappa shape index (κ1) is 16.8. The van der Waals surface area contributed by atoms with E-state index in [9.17, 15) is 9.59 Å². The average Bonchev–Trinajstić information content (AvgIpc) is 2.61. The zero-order valence-corrected chi connectivity index (χ0v) is 13.4. The fourth-order valence-corrected chi connectivity index (χ4v) is 2.39. The van der Waals surface area contributed by atoms with Crippen LogP contribution in [0.25, 0.3) is 0 Å².